The fourth-order valence-electron chi connectivity index (χ4n) is 7.68. The molecule has 0 aromatic rings. The van der Waals surface area contributed by atoms with E-state index in [1.165, 1.54) is 12.2 Å². The van der Waals surface area contributed by atoms with Crippen LogP contribution in [0.3, 0.4) is 0 Å². The summed E-state index contributed by atoms with van der Waals surface area (Å²) < 4.78 is 29.1. The van der Waals surface area contributed by atoms with Crippen molar-refractivity contribution in [3.63, 3.8) is 0 Å². The second-order valence-corrected chi connectivity index (χ2v) is 10.6. The van der Waals surface area contributed by atoms with Crippen LogP contribution in [0.15, 0.2) is 23.8 Å². The number of allylic oxidation sites excluding steroid dienone is 4. The molecule has 1 saturated heterocycles. The number of ketones is 1. The van der Waals surface area contributed by atoms with E-state index >= 15 is 4.39 Å². The summed E-state index contributed by atoms with van der Waals surface area (Å²) >= 11 is 0. The zero-order valence-corrected chi connectivity index (χ0v) is 17.8. The van der Waals surface area contributed by atoms with Gasteiger partial charge in [-0.2, -0.15) is 0 Å². The Morgan fingerprint density at radius 3 is 2.60 bits per heavy atom. The standard InChI is InChI=1S/C23H29FO6/c1-19(2)29-17-10-15-14-6-5-12-9-13(25)7-8-20(12,3)22(14,24)16(26)11-21(15,4)23(17,30-19)18(27)28/h7-9,14-17,26H,5-6,10-11H2,1-4H3,(H,27,28)/t14-,15-,16+,17+,20+,21+,22-,23-/m1/s1. The van der Waals surface area contributed by atoms with E-state index in [1.54, 1.807) is 26.8 Å². The largest absolute Gasteiger partial charge is 0.479 e. The van der Waals surface area contributed by atoms with E-state index in [-0.39, 0.29) is 18.1 Å². The fraction of sp³-hybridized carbons (Fsp3) is 0.739. The lowest BCUT2D eigenvalue weighted by atomic mass is 9.45. The predicted molar refractivity (Wildman–Crippen MR) is 104 cm³/mol. The minimum absolute atomic E-state index is 0.0441. The summed E-state index contributed by atoms with van der Waals surface area (Å²) in [7, 11) is 0. The first-order valence-corrected chi connectivity index (χ1v) is 10.7. The molecule has 6 nitrogen and oxygen atoms in total. The minimum Gasteiger partial charge on any atom is -0.479 e. The summed E-state index contributed by atoms with van der Waals surface area (Å²) in [5.74, 6) is -3.24. The van der Waals surface area contributed by atoms with Gasteiger partial charge in [0.25, 0.3) is 0 Å². The Morgan fingerprint density at radius 1 is 1.23 bits per heavy atom. The van der Waals surface area contributed by atoms with Crippen molar-refractivity contribution in [2.24, 2.45) is 22.7 Å². The van der Waals surface area contributed by atoms with E-state index in [2.05, 4.69) is 0 Å². The van der Waals surface area contributed by atoms with Gasteiger partial charge in [-0.15, -0.1) is 0 Å². The van der Waals surface area contributed by atoms with Gasteiger partial charge in [0.1, 0.15) is 6.10 Å². The number of ether oxygens (including phenoxy) is 2. The molecule has 2 N–H and O–H groups in total. The number of carbonyl (C=O) groups excluding carboxylic acids is 1. The summed E-state index contributed by atoms with van der Waals surface area (Å²) in [6.07, 6.45) is 3.69. The van der Waals surface area contributed by atoms with Crippen LogP contribution in [0.2, 0.25) is 0 Å². The first-order valence-electron chi connectivity index (χ1n) is 10.7. The average molecular weight is 420 g/mol. The predicted octanol–water partition coefficient (Wildman–Crippen LogP) is 2.94. The number of carboxylic acids is 1. The SMILES string of the molecule is CC1(C)O[C@H]2C[C@@H]3[C@H]4CCC5=CC(=O)C=C[C@]5(C)[C@]4(F)[C@@H](O)C[C@]3(C)[C@@]2(C(=O)O)O1. The van der Waals surface area contributed by atoms with Crippen LogP contribution in [0.5, 0.6) is 0 Å². The highest BCUT2D eigenvalue weighted by Crippen LogP contribution is 2.72. The summed E-state index contributed by atoms with van der Waals surface area (Å²) in [4.78, 5) is 24.5. The molecule has 164 valence electrons. The molecule has 4 fully saturated rings. The highest BCUT2D eigenvalue weighted by atomic mass is 19.1. The van der Waals surface area contributed by atoms with Crippen LogP contribution in [0.25, 0.3) is 0 Å². The third-order valence-corrected chi connectivity index (χ3v) is 8.95. The van der Waals surface area contributed by atoms with Crippen LogP contribution in [-0.4, -0.2) is 51.2 Å². The molecule has 0 spiro atoms. The van der Waals surface area contributed by atoms with Crippen molar-refractivity contribution in [2.45, 2.75) is 82.6 Å². The molecule has 8 atom stereocenters. The lowest BCUT2D eigenvalue weighted by Crippen LogP contribution is -2.69. The quantitative estimate of drug-likeness (QED) is 0.678. The summed E-state index contributed by atoms with van der Waals surface area (Å²) in [6.45, 7) is 6.94. The first kappa shape index (κ1) is 20.3. The van der Waals surface area contributed by atoms with E-state index in [1.807, 2.05) is 6.92 Å². The number of hydrogen-bond acceptors (Lipinski definition) is 5. The molecule has 3 saturated carbocycles. The van der Waals surface area contributed by atoms with Gasteiger partial charge >= 0.3 is 5.97 Å². The maximum atomic E-state index is 17.0. The smallest absolute Gasteiger partial charge is 0.339 e. The van der Waals surface area contributed by atoms with Crippen molar-refractivity contribution >= 4 is 11.8 Å². The summed E-state index contributed by atoms with van der Waals surface area (Å²) in [6, 6.07) is 0. The molecule has 1 aliphatic heterocycles. The molecule has 0 aromatic heterocycles. The van der Waals surface area contributed by atoms with E-state index < -0.39 is 52.0 Å². The lowest BCUT2D eigenvalue weighted by Gasteiger charge is -2.62. The Kier molecular flexibility index (Phi) is 3.81. The van der Waals surface area contributed by atoms with Gasteiger partial charge in [-0.1, -0.05) is 18.6 Å². The minimum atomic E-state index is -1.99. The Bertz CT molecular complexity index is 909. The zero-order chi connectivity index (χ0) is 21.9. The zero-order valence-electron chi connectivity index (χ0n) is 17.8. The Labute approximate surface area is 175 Å². The summed E-state index contributed by atoms with van der Waals surface area (Å²) in [5, 5.41) is 21.6. The van der Waals surface area contributed by atoms with Gasteiger partial charge < -0.3 is 19.7 Å². The number of carbonyl (C=O) groups is 2. The van der Waals surface area contributed by atoms with Gasteiger partial charge in [-0.3, -0.25) is 4.79 Å². The number of rotatable bonds is 1. The number of aliphatic hydroxyl groups is 1. The van der Waals surface area contributed by atoms with Crippen LogP contribution in [0.4, 0.5) is 4.39 Å². The van der Waals surface area contributed by atoms with Crippen LogP contribution in [-0.2, 0) is 19.1 Å². The molecule has 5 rings (SSSR count). The van der Waals surface area contributed by atoms with Gasteiger partial charge in [0.2, 0.25) is 0 Å². The number of aliphatic carboxylic acids is 1. The van der Waals surface area contributed by atoms with E-state index in [0.29, 0.717) is 24.8 Å². The Morgan fingerprint density at radius 2 is 1.93 bits per heavy atom. The van der Waals surface area contributed by atoms with Gasteiger partial charge in [-0.05, 0) is 64.5 Å². The highest BCUT2D eigenvalue weighted by Gasteiger charge is 2.80. The van der Waals surface area contributed by atoms with Gasteiger partial charge in [-0.25, -0.2) is 9.18 Å². The molecule has 7 heteroatoms. The topological polar surface area (TPSA) is 93.1 Å². The van der Waals surface area contributed by atoms with Crippen LogP contribution < -0.4 is 0 Å². The second-order valence-electron chi connectivity index (χ2n) is 10.6. The number of hydrogen-bond donors (Lipinski definition) is 2. The van der Waals surface area contributed by atoms with Crippen molar-refractivity contribution in [1.29, 1.82) is 0 Å². The number of halogens is 1. The normalized spacial score (nSPS) is 53.4. The molecule has 1 heterocycles. The van der Waals surface area contributed by atoms with Crippen molar-refractivity contribution in [1.82, 2.24) is 0 Å². The monoisotopic (exact) mass is 420 g/mol. The van der Waals surface area contributed by atoms with Crippen molar-refractivity contribution in [3.05, 3.63) is 23.8 Å². The highest BCUT2D eigenvalue weighted by molar-refractivity contribution is 6.01. The third kappa shape index (κ3) is 2.04. The van der Waals surface area contributed by atoms with Crippen LogP contribution >= 0.6 is 0 Å². The molecule has 0 bridgehead atoms. The van der Waals surface area contributed by atoms with Gasteiger partial charge in [0, 0.05) is 16.7 Å². The molecule has 0 amide bonds. The maximum Gasteiger partial charge on any atom is 0.339 e. The van der Waals surface area contributed by atoms with E-state index in [4.69, 9.17) is 9.47 Å². The van der Waals surface area contributed by atoms with Crippen LogP contribution in [0.1, 0.15) is 53.4 Å². The summed E-state index contributed by atoms with van der Waals surface area (Å²) in [5.41, 5.74) is -5.00. The molecule has 4 aliphatic carbocycles. The van der Waals surface area contributed by atoms with Gasteiger partial charge in [0.15, 0.2) is 22.8 Å². The van der Waals surface area contributed by atoms with Crippen LogP contribution in [0, 0.1) is 22.7 Å². The number of aliphatic hydroxyl groups excluding tert-OH is 1. The maximum absolute atomic E-state index is 17.0. The average Bonchev–Trinajstić information content (AvgIpc) is 3.04. The molecular weight excluding hydrogens is 391 g/mol. The van der Waals surface area contributed by atoms with E-state index in [0.717, 1.165) is 0 Å². The van der Waals surface area contributed by atoms with Crippen molar-refractivity contribution in [2.75, 3.05) is 0 Å². The Hall–Kier alpha value is -1.57. The van der Waals surface area contributed by atoms with Crippen molar-refractivity contribution in [3.8, 4) is 0 Å². The number of fused-ring (bicyclic) bond motifs is 7. The molecule has 0 radical (unpaired) electrons. The molecule has 0 aromatic carbocycles. The second kappa shape index (κ2) is 5.61. The Balaban J connectivity index is 1.64. The fourth-order valence-corrected chi connectivity index (χ4v) is 7.68. The molecule has 0 unspecified atom stereocenters. The number of carboxylic acid groups (broad SMARTS) is 1. The third-order valence-electron chi connectivity index (χ3n) is 8.95. The van der Waals surface area contributed by atoms with Gasteiger partial charge in [0.05, 0.1) is 6.10 Å². The number of alkyl halides is 1. The molecular formula is C23H29FO6. The van der Waals surface area contributed by atoms with Crippen molar-refractivity contribution < 1.29 is 33.7 Å². The molecule has 30 heavy (non-hydrogen) atoms. The first-order chi connectivity index (χ1) is 13.8. The lowest BCUT2D eigenvalue weighted by molar-refractivity contribution is -0.251. The van der Waals surface area contributed by atoms with E-state index in [9.17, 15) is 19.8 Å². The molecule has 5 aliphatic rings.